The van der Waals surface area contributed by atoms with Gasteiger partial charge in [-0.1, -0.05) is 12.8 Å². The van der Waals surface area contributed by atoms with Gasteiger partial charge in [0.15, 0.2) is 5.82 Å². The third-order valence-electron chi connectivity index (χ3n) is 3.20. The lowest BCUT2D eigenvalue weighted by atomic mass is 10.2. The lowest BCUT2D eigenvalue weighted by Crippen LogP contribution is -2.25. The summed E-state index contributed by atoms with van der Waals surface area (Å²) >= 11 is 0. The zero-order valence-corrected chi connectivity index (χ0v) is 10.6. The lowest BCUT2D eigenvalue weighted by molar-refractivity contribution is 0.574. The summed E-state index contributed by atoms with van der Waals surface area (Å²) in [5.74, 6) is 1.44. The van der Waals surface area contributed by atoms with E-state index in [1.165, 1.54) is 19.3 Å². The van der Waals surface area contributed by atoms with Crippen molar-refractivity contribution in [3.63, 3.8) is 0 Å². The van der Waals surface area contributed by atoms with Crippen LogP contribution in [-0.2, 0) is 0 Å². The highest BCUT2D eigenvalue weighted by Gasteiger charge is 2.20. The van der Waals surface area contributed by atoms with Gasteiger partial charge in [-0.15, -0.1) is 0 Å². The van der Waals surface area contributed by atoms with Crippen LogP contribution >= 0.6 is 0 Å². The highest BCUT2D eigenvalue weighted by molar-refractivity contribution is 5.30. The number of anilines is 1. The van der Waals surface area contributed by atoms with Gasteiger partial charge in [0.2, 0.25) is 0 Å². The molecule has 0 bridgehead atoms. The van der Waals surface area contributed by atoms with E-state index < -0.39 is 0 Å². The fraction of sp³-hybridized carbons (Fsp3) is 0.692. The minimum absolute atomic E-state index is 0.0195. The number of hydrogen-bond acceptors (Lipinski definition) is 3. The molecule has 1 aromatic heterocycles. The van der Waals surface area contributed by atoms with E-state index in [-0.39, 0.29) is 11.6 Å². The maximum Gasteiger partial charge on any atom is 0.293 e. The van der Waals surface area contributed by atoms with Gasteiger partial charge in [-0.2, -0.15) is 0 Å². The maximum absolute atomic E-state index is 12.0. The third-order valence-corrected chi connectivity index (χ3v) is 3.20. The predicted octanol–water partition coefficient (Wildman–Crippen LogP) is 2.43. The van der Waals surface area contributed by atoms with Gasteiger partial charge < -0.3 is 9.88 Å². The molecule has 4 nitrogen and oxygen atoms in total. The minimum Gasteiger partial charge on any atom is -0.365 e. The van der Waals surface area contributed by atoms with Crippen molar-refractivity contribution in [2.75, 3.05) is 11.9 Å². The Bertz CT molecular complexity index is 421. The number of nitrogens with one attached hydrogen (secondary N) is 1. The number of rotatable bonds is 6. The molecule has 0 atom stereocenters. The van der Waals surface area contributed by atoms with Crippen LogP contribution in [0.2, 0.25) is 0 Å². The molecule has 0 aromatic carbocycles. The van der Waals surface area contributed by atoms with E-state index in [9.17, 15) is 4.79 Å². The van der Waals surface area contributed by atoms with Crippen LogP contribution in [0.3, 0.4) is 0 Å². The summed E-state index contributed by atoms with van der Waals surface area (Å²) < 4.78 is 1.70. The van der Waals surface area contributed by atoms with Crippen molar-refractivity contribution in [3.8, 4) is 0 Å². The topological polar surface area (TPSA) is 46.9 Å². The van der Waals surface area contributed by atoms with E-state index in [1.54, 1.807) is 17.0 Å². The standard InChI is InChI=1S/C13H21N3O/c1-10(2)16-9-8-15-12(13(16)17)14-7-3-4-11-5-6-11/h8-11H,3-7H2,1-2H3,(H,14,15). The first-order valence-corrected chi connectivity index (χ1v) is 6.49. The van der Waals surface area contributed by atoms with Crippen molar-refractivity contribution < 1.29 is 0 Å². The van der Waals surface area contributed by atoms with Gasteiger partial charge in [0.25, 0.3) is 5.56 Å². The quantitative estimate of drug-likeness (QED) is 0.770. The molecule has 0 unspecified atom stereocenters. The molecular weight excluding hydrogens is 214 g/mol. The first kappa shape index (κ1) is 12.1. The first-order valence-electron chi connectivity index (χ1n) is 6.49. The summed E-state index contributed by atoms with van der Waals surface area (Å²) in [4.78, 5) is 16.1. The van der Waals surface area contributed by atoms with Crippen molar-refractivity contribution in [3.05, 3.63) is 22.7 Å². The molecule has 1 aliphatic carbocycles. The lowest BCUT2D eigenvalue weighted by Gasteiger charge is -2.11. The van der Waals surface area contributed by atoms with Crippen molar-refractivity contribution in [1.29, 1.82) is 0 Å². The Morgan fingerprint density at radius 1 is 1.53 bits per heavy atom. The van der Waals surface area contributed by atoms with Crippen LogP contribution in [0.4, 0.5) is 5.82 Å². The summed E-state index contributed by atoms with van der Waals surface area (Å²) in [6, 6.07) is 0.178. The van der Waals surface area contributed by atoms with Gasteiger partial charge in [0, 0.05) is 25.0 Å². The van der Waals surface area contributed by atoms with E-state index in [4.69, 9.17) is 0 Å². The average molecular weight is 235 g/mol. The Morgan fingerprint density at radius 2 is 2.29 bits per heavy atom. The predicted molar refractivity (Wildman–Crippen MR) is 69.3 cm³/mol. The Morgan fingerprint density at radius 3 is 2.94 bits per heavy atom. The largest absolute Gasteiger partial charge is 0.365 e. The highest BCUT2D eigenvalue weighted by Crippen LogP contribution is 2.33. The molecule has 17 heavy (non-hydrogen) atoms. The van der Waals surface area contributed by atoms with Crippen LogP contribution in [0, 0.1) is 5.92 Å². The van der Waals surface area contributed by atoms with Gasteiger partial charge in [0.1, 0.15) is 0 Å². The molecule has 0 amide bonds. The molecule has 0 radical (unpaired) electrons. The van der Waals surface area contributed by atoms with Crippen molar-refractivity contribution >= 4 is 5.82 Å². The zero-order chi connectivity index (χ0) is 12.3. The summed E-state index contributed by atoms with van der Waals surface area (Å²) in [6.45, 7) is 4.84. The summed E-state index contributed by atoms with van der Waals surface area (Å²) in [5.41, 5.74) is -0.0195. The van der Waals surface area contributed by atoms with Gasteiger partial charge in [0.05, 0.1) is 0 Å². The molecular formula is C13H21N3O. The second kappa shape index (κ2) is 5.34. The van der Waals surface area contributed by atoms with Crippen LogP contribution in [0.15, 0.2) is 17.2 Å². The van der Waals surface area contributed by atoms with E-state index in [0.29, 0.717) is 5.82 Å². The molecule has 1 fully saturated rings. The molecule has 1 saturated carbocycles. The van der Waals surface area contributed by atoms with Gasteiger partial charge in [-0.05, 0) is 32.6 Å². The van der Waals surface area contributed by atoms with E-state index in [0.717, 1.165) is 18.9 Å². The fourth-order valence-corrected chi connectivity index (χ4v) is 1.96. The molecule has 2 rings (SSSR count). The zero-order valence-electron chi connectivity index (χ0n) is 10.6. The smallest absolute Gasteiger partial charge is 0.293 e. The summed E-state index contributed by atoms with van der Waals surface area (Å²) in [6.07, 6.45) is 8.61. The average Bonchev–Trinajstić information content (AvgIpc) is 3.10. The maximum atomic E-state index is 12.0. The summed E-state index contributed by atoms with van der Waals surface area (Å²) in [5, 5.41) is 3.15. The highest BCUT2D eigenvalue weighted by atomic mass is 16.1. The minimum atomic E-state index is -0.0195. The molecule has 0 spiro atoms. The van der Waals surface area contributed by atoms with E-state index in [2.05, 4.69) is 10.3 Å². The summed E-state index contributed by atoms with van der Waals surface area (Å²) in [7, 11) is 0. The Labute approximate surface area is 102 Å². The molecule has 1 N–H and O–H groups in total. The second-order valence-corrected chi connectivity index (χ2v) is 5.09. The Hall–Kier alpha value is -1.32. The molecule has 1 aromatic rings. The van der Waals surface area contributed by atoms with Crippen LogP contribution in [0.25, 0.3) is 0 Å². The Kier molecular flexibility index (Phi) is 3.82. The van der Waals surface area contributed by atoms with Gasteiger partial charge in [-0.25, -0.2) is 4.98 Å². The third kappa shape index (κ3) is 3.32. The SMILES string of the molecule is CC(C)n1ccnc(NCCCC2CC2)c1=O. The van der Waals surface area contributed by atoms with Gasteiger partial charge >= 0.3 is 0 Å². The normalized spacial score (nSPS) is 15.2. The Balaban J connectivity index is 1.90. The molecule has 1 heterocycles. The fourth-order valence-electron chi connectivity index (χ4n) is 1.96. The van der Waals surface area contributed by atoms with Crippen molar-refractivity contribution in [2.45, 2.75) is 45.6 Å². The van der Waals surface area contributed by atoms with Crippen LogP contribution in [0.1, 0.15) is 45.6 Å². The van der Waals surface area contributed by atoms with Crippen LogP contribution < -0.4 is 10.9 Å². The van der Waals surface area contributed by atoms with Crippen molar-refractivity contribution in [1.82, 2.24) is 9.55 Å². The van der Waals surface area contributed by atoms with Gasteiger partial charge in [-0.3, -0.25) is 4.79 Å². The molecule has 94 valence electrons. The molecule has 0 saturated heterocycles. The van der Waals surface area contributed by atoms with E-state index >= 15 is 0 Å². The molecule has 0 aliphatic heterocycles. The number of hydrogen-bond donors (Lipinski definition) is 1. The molecule has 1 aliphatic rings. The van der Waals surface area contributed by atoms with E-state index in [1.807, 2.05) is 13.8 Å². The van der Waals surface area contributed by atoms with Crippen LogP contribution in [0.5, 0.6) is 0 Å². The van der Waals surface area contributed by atoms with Crippen molar-refractivity contribution in [2.24, 2.45) is 5.92 Å². The monoisotopic (exact) mass is 235 g/mol. The second-order valence-electron chi connectivity index (χ2n) is 5.09. The first-order chi connectivity index (χ1) is 8.18. The number of aromatic nitrogens is 2. The van der Waals surface area contributed by atoms with Crippen LogP contribution in [-0.4, -0.2) is 16.1 Å². The number of nitrogens with zero attached hydrogens (tertiary/aromatic N) is 2. The molecule has 4 heteroatoms.